The van der Waals surface area contributed by atoms with Crippen LogP contribution in [0.4, 0.5) is 5.69 Å². The molecule has 1 atom stereocenters. The van der Waals surface area contributed by atoms with Crippen LogP contribution < -0.4 is 4.90 Å². The molecule has 1 saturated heterocycles. The summed E-state index contributed by atoms with van der Waals surface area (Å²) in [6.45, 7) is 8.63. The zero-order chi connectivity index (χ0) is 15.1. The third-order valence-corrected chi connectivity index (χ3v) is 4.07. The number of carbonyl (C=O) groups is 1. The van der Waals surface area contributed by atoms with Crippen LogP contribution in [0.25, 0.3) is 0 Å². The Morgan fingerprint density at radius 3 is 2.57 bits per heavy atom. The number of ether oxygens (including phenoxy) is 1. The van der Waals surface area contributed by atoms with Crippen molar-refractivity contribution in [2.24, 2.45) is 5.92 Å². The van der Waals surface area contributed by atoms with Crippen LogP contribution in [0.15, 0.2) is 30.3 Å². The fourth-order valence-electron chi connectivity index (χ4n) is 2.73. The smallest absolute Gasteiger partial charge is 0.242 e. The van der Waals surface area contributed by atoms with Gasteiger partial charge >= 0.3 is 0 Å². The Kier molecular flexibility index (Phi) is 6.05. The molecular formula is C17H26N2O2. The molecule has 4 nitrogen and oxygen atoms in total. The molecule has 0 aliphatic carbocycles. The molecule has 1 aromatic rings. The Bertz CT molecular complexity index is 430. The maximum absolute atomic E-state index is 12.5. The van der Waals surface area contributed by atoms with Crippen molar-refractivity contribution < 1.29 is 9.53 Å². The second-order valence-electron chi connectivity index (χ2n) is 5.51. The van der Waals surface area contributed by atoms with E-state index in [9.17, 15) is 4.79 Å². The van der Waals surface area contributed by atoms with Gasteiger partial charge in [-0.1, -0.05) is 18.2 Å². The summed E-state index contributed by atoms with van der Waals surface area (Å²) in [7, 11) is 0. The van der Waals surface area contributed by atoms with Crippen molar-refractivity contribution in [3.05, 3.63) is 30.3 Å². The van der Waals surface area contributed by atoms with Crippen LogP contribution in [0.2, 0.25) is 0 Å². The summed E-state index contributed by atoms with van der Waals surface area (Å²) in [6.07, 6.45) is 1.07. The number of anilines is 1. The van der Waals surface area contributed by atoms with Gasteiger partial charge < -0.3 is 14.5 Å². The minimum Gasteiger partial charge on any atom is -0.381 e. The topological polar surface area (TPSA) is 32.8 Å². The standard InChI is InChI=1S/C17H26N2O2/c1-3-18(16-8-6-5-7-9-16)13-17(20)19(4-2)12-15-10-11-21-14-15/h5-9,15H,3-4,10-14H2,1-2H3/t15-/m1/s1. The van der Waals surface area contributed by atoms with Crippen LogP contribution in [-0.4, -0.2) is 50.2 Å². The van der Waals surface area contributed by atoms with E-state index in [0.717, 1.165) is 45.0 Å². The molecule has 0 bridgehead atoms. The van der Waals surface area contributed by atoms with E-state index in [1.54, 1.807) is 0 Å². The van der Waals surface area contributed by atoms with E-state index in [-0.39, 0.29) is 5.91 Å². The SMILES string of the molecule is CCN(C[C@H]1CCOC1)C(=O)CN(CC)c1ccccc1. The van der Waals surface area contributed by atoms with Crippen LogP contribution in [0, 0.1) is 5.92 Å². The second kappa shape index (κ2) is 8.03. The van der Waals surface area contributed by atoms with Crippen molar-refractivity contribution in [3.63, 3.8) is 0 Å². The molecule has 1 aliphatic rings. The Labute approximate surface area is 127 Å². The molecule has 1 fully saturated rings. The summed E-state index contributed by atoms with van der Waals surface area (Å²) in [4.78, 5) is 16.6. The van der Waals surface area contributed by atoms with Gasteiger partial charge in [0.05, 0.1) is 13.2 Å². The number of nitrogens with zero attached hydrogens (tertiary/aromatic N) is 2. The van der Waals surface area contributed by atoms with E-state index in [1.165, 1.54) is 0 Å². The van der Waals surface area contributed by atoms with E-state index >= 15 is 0 Å². The summed E-state index contributed by atoms with van der Waals surface area (Å²) in [5.41, 5.74) is 1.11. The van der Waals surface area contributed by atoms with Gasteiger partial charge in [0.15, 0.2) is 0 Å². The molecule has 1 heterocycles. The first kappa shape index (κ1) is 15.8. The zero-order valence-electron chi connectivity index (χ0n) is 13.1. The lowest BCUT2D eigenvalue weighted by molar-refractivity contribution is -0.130. The predicted octanol–water partition coefficient (Wildman–Crippen LogP) is 2.40. The number of benzene rings is 1. The highest BCUT2D eigenvalue weighted by atomic mass is 16.5. The normalized spacial score (nSPS) is 17.7. The molecule has 0 saturated carbocycles. The quantitative estimate of drug-likeness (QED) is 0.773. The maximum atomic E-state index is 12.5. The Morgan fingerprint density at radius 2 is 2.00 bits per heavy atom. The third-order valence-electron chi connectivity index (χ3n) is 4.07. The van der Waals surface area contributed by atoms with Crippen LogP contribution in [0.3, 0.4) is 0 Å². The summed E-state index contributed by atoms with van der Waals surface area (Å²) in [6, 6.07) is 10.1. The highest BCUT2D eigenvalue weighted by Gasteiger charge is 2.22. The van der Waals surface area contributed by atoms with Crippen LogP contribution in [0.5, 0.6) is 0 Å². The number of para-hydroxylation sites is 1. The monoisotopic (exact) mass is 290 g/mol. The van der Waals surface area contributed by atoms with Crippen molar-refractivity contribution in [2.75, 3.05) is 44.3 Å². The summed E-state index contributed by atoms with van der Waals surface area (Å²) < 4.78 is 5.41. The first-order chi connectivity index (χ1) is 10.2. The lowest BCUT2D eigenvalue weighted by atomic mass is 10.1. The van der Waals surface area contributed by atoms with Gasteiger partial charge in [0.2, 0.25) is 5.91 Å². The van der Waals surface area contributed by atoms with Gasteiger partial charge in [0.1, 0.15) is 0 Å². The molecular weight excluding hydrogens is 264 g/mol. The molecule has 21 heavy (non-hydrogen) atoms. The van der Waals surface area contributed by atoms with E-state index < -0.39 is 0 Å². The highest BCUT2D eigenvalue weighted by molar-refractivity contribution is 5.81. The van der Waals surface area contributed by atoms with E-state index in [2.05, 4.69) is 24.0 Å². The zero-order valence-corrected chi connectivity index (χ0v) is 13.1. The maximum Gasteiger partial charge on any atom is 0.242 e. The molecule has 116 valence electrons. The minimum absolute atomic E-state index is 0.204. The van der Waals surface area contributed by atoms with Crippen LogP contribution in [0.1, 0.15) is 20.3 Å². The number of amides is 1. The molecule has 4 heteroatoms. The highest BCUT2D eigenvalue weighted by Crippen LogP contribution is 2.16. The van der Waals surface area contributed by atoms with Gasteiger partial charge in [-0.05, 0) is 32.4 Å². The first-order valence-corrected chi connectivity index (χ1v) is 7.90. The molecule has 2 rings (SSSR count). The first-order valence-electron chi connectivity index (χ1n) is 7.90. The summed E-state index contributed by atoms with van der Waals surface area (Å²) in [5, 5.41) is 0. The average molecular weight is 290 g/mol. The van der Waals surface area contributed by atoms with Gasteiger partial charge in [0, 0.05) is 37.8 Å². The molecule has 1 aliphatic heterocycles. The van der Waals surface area contributed by atoms with Crippen LogP contribution >= 0.6 is 0 Å². The molecule has 0 spiro atoms. The fourth-order valence-corrected chi connectivity index (χ4v) is 2.73. The van der Waals surface area contributed by atoms with Crippen molar-refractivity contribution >= 4 is 11.6 Å². The number of hydrogen-bond donors (Lipinski definition) is 0. The van der Waals surface area contributed by atoms with E-state index in [0.29, 0.717) is 12.5 Å². The molecule has 1 amide bonds. The van der Waals surface area contributed by atoms with Gasteiger partial charge in [-0.15, -0.1) is 0 Å². The molecule has 0 unspecified atom stereocenters. The largest absolute Gasteiger partial charge is 0.381 e. The van der Waals surface area contributed by atoms with Gasteiger partial charge in [-0.25, -0.2) is 0 Å². The van der Waals surface area contributed by atoms with Gasteiger partial charge in [-0.2, -0.15) is 0 Å². The Balaban J connectivity index is 1.93. The number of hydrogen-bond acceptors (Lipinski definition) is 3. The van der Waals surface area contributed by atoms with E-state index in [1.807, 2.05) is 30.0 Å². The van der Waals surface area contributed by atoms with Crippen molar-refractivity contribution in [1.29, 1.82) is 0 Å². The van der Waals surface area contributed by atoms with Crippen molar-refractivity contribution in [2.45, 2.75) is 20.3 Å². The van der Waals surface area contributed by atoms with Gasteiger partial charge in [-0.3, -0.25) is 4.79 Å². The lowest BCUT2D eigenvalue weighted by Crippen LogP contribution is -2.42. The third kappa shape index (κ3) is 4.46. The number of carbonyl (C=O) groups excluding carboxylic acids is 1. The Hall–Kier alpha value is -1.55. The molecule has 1 aromatic carbocycles. The summed E-state index contributed by atoms with van der Waals surface area (Å²) >= 11 is 0. The van der Waals surface area contributed by atoms with Crippen LogP contribution in [-0.2, 0) is 9.53 Å². The Morgan fingerprint density at radius 1 is 1.24 bits per heavy atom. The molecule has 0 N–H and O–H groups in total. The van der Waals surface area contributed by atoms with E-state index in [4.69, 9.17) is 4.74 Å². The van der Waals surface area contributed by atoms with Crippen molar-refractivity contribution in [3.8, 4) is 0 Å². The average Bonchev–Trinajstić information content (AvgIpc) is 3.04. The fraction of sp³-hybridized carbons (Fsp3) is 0.588. The number of likely N-dealkylation sites (N-methyl/N-ethyl adjacent to an activating group) is 2. The van der Waals surface area contributed by atoms with Gasteiger partial charge in [0.25, 0.3) is 0 Å². The second-order valence-corrected chi connectivity index (χ2v) is 5.51. The lowest BCUT2D eigenvalue weighted by Gasteiger charge is -2.28. The number of rotatable bonds is 7. The molecule has 0 radical (unpaired) electrons. The minimum atomic E-state index is 0.204. The molecule has 0 aromatic heterocycles. The van der Waals surface area contributed by atoms with Crippen molar-refractivity contribution in [1.82, 2.24) is 4.90 Å². The predicted molar refractivity (Wildman–Crippen MR) is 85.5 cm³/mol. The summed E-state index contributed by atoms with van der Waals surface area (Å²) in [5.74, 6) is 0.704.